The molecular weight excluding hydrogens is 414 g/mol. The minimum Gasteiger partial charge on any atom is -0.497 e. The second-order valence-electron chi connectivity index (χ2n) is 6.35. The molecule has 0 aliphatic carbocycles. The quantitative estimate of drug-likeness (QED) is 0.664. The molecule has 2 aromatic carbocycles. The molecule has 1 aromatic heterocycles. The lowest BCUT2D eigenvalue weighted by atomic mass is 10.2. The molecule has 1 aliphatic rings. The molecule has 29 heavy (non-hydrogen) atoms. The van der Waals surface area contributed by atoms with Crippen LogP contribution < -0.4 is 10.1 Å². The third-order valence-corrected chi connectivity index (χ3v) is 7.39. The standard InChI is InChI=1S/C19H19N3O5S2/c1-26-14-4-7-16-17(12-14)28-19(20-16)21-18(23)13-2-5-15(6-3-13)29(24,25)22-8-10-27-11-9-22/h2-7,12H,8-11H2,1H3,(H,20,21,23). The second-order valence-corrected chi connectivity index (χ2v) is 9.32. The van der Waals surface area contributed by atoms with Gasteiger partial charge in [0.15, 0.2) is 5.13 Å². The molecule has 0 atom stereocenters. The third kappa shape index (κ3) is 4.10. The number of fused-ring (bicyclic) bond motifs is 1. The van der Waals surface area contributed by atoms with Gasteiger partial charge in [-0.1, -0.05) is 11.3 Å². The molecule has 0 radical (unpaired) electrons. The van der Waals surface area contributed by atoms with E-state index in [0.717, 1.165) is 16.0 Å². The van der Waals surface area contributed by atoms with Crippen molar-refractivity contribution in [1.82, 2.24) is 9.29 Å². The molecule has 1 aliphatic heterocycles. The van der Waals surface area contributed by atoms with Crippen molar-refractivity contribution in [2.75, 3.05) is 38.7 Å². The number of thiazole rings is 1. The van der Waals surface area contributed by atoms with E-state index in [9.17, 15) is 13.2 Å². The minimum atomic E-state index is -3.59. The number of anilines is 1. The Morgan fingerprint density at radius 1 is 1.17 bits per heavy atom. The lowest BCUT2D eigenvalue weighted by Crippen LogP contribution is -2.40. The summed E-state index contributed by atoms with van der Waals surface area (Å²) in [4.78, 5) is 17.1. The third-order valence-electron chi connectivity index (χ3n) is 4.54. The van der Waals surface area contributed by atoms with Gasteiger partial charge in [-0.15, -0.1) is 0 Å². The van der Waals surface area contributed by atoms with E-state index in [1.165, 1.54) is 39.9 Å². The number of carbonyl (C=O) groups is 1. The van der Waals surface area contributed by atoms with E-state index < -0.39 is 10.0 Å². The van der Waals surface area contributed by atoms with Gasteiger partial charge >= 0.3 is 0 Å². The van der Waals surface area contributed by atoms with Gasteiger partial charge in [0.25, 0.3) is 5.91 Å². The fourth-order valence-electron chi connectivity index (χ4n) is 2.97. The molecule has 8 nitrogen and oxygen atoms in total. The summed E-state index contributed by atoms with van der Waals surface area (Å²) >= 11 is 1.34. The van der Waals surface area contributed by atoms with Crippen LogP contribution in [0.2, 0.25) is 0 Å². The molecule has 2 heterocycles. The van der Waals surface area contributed by atoms with Crippen LogP contribution in [0.3, 0.4) is 0 Å². The molecule has 10 heteroatoms. The first-order chi connectivity index (χ1) is 14.0. The van der Waals surface area contributed by atoms with Crippen LogP contribution in [0.25, 0.3) is 10.2 Å². The number of methoxy groups -OCH3 is 1. The van der Waals surface area contributed by atoms with Crippen molar-refractivity contribution in [1.29, 1.82) is 0 Å². The lowest BCUT2D eigenvalue weighted by Gasteiger charge is -2.26. The average Bonchev–Trinajstić information content (AvgIpc) is 3.15. The maximum Gasteiger partial charge on any atom is 0.257 e. The van der Waals surface area contributed by atoms with Crippen molar-refractivity contribution in [3.05, 3.63) is 48.0 Å². The minimum absolute atomic E-state index is 0.156. The van der Waals surface area contributed by atoms with Crippen LogP contribution in [0.15, 0.2) is 47.4 Å². The highest BCUT2D eigenvalue weighted by molar-refractivity contribution is 7.89. The molecule has 4 rings (SSSR count). The number of carbonyl (C=O) groups excluding carboxylic acids is 1. The summed E-state index contributed by atoms with van der Waals surface area (Å²) in [6, 6.07) is 11.4. The predicted molar refractivity (Wildman–Crippen MR) is 110 cm³/mol. The Morgan fingerprint density at radius 2 is 1.90 bits per heavy atom. The van der Waals surface area contributed by atoms with Crippen molar-refractivity contribution >= 4 is 42.6 Å². The molecule has 1 saturated heterocycles. The summed E-state index contributed by atoms with van der Waals surface area (Å²) in [5.41, 5.74) is 1.11. The first kappa shape index (κ1) is 19.8. The second kappa shape index (κ2) is 8.07. The normalized spacial score (nSPS) is 15.3. The van der Waals surface area contributed by atoms with Crippen molar-refractivity contribution < 1.29 is 22.7 Å². The van der Waals surface area contributed by atoms with Crippen LogP contribution in [0.1, 0.15) is 10.4 Å². The number of nitrogens with zero attached hydrogens (tertiary/aromatic N) is 2. The van der Waals surface area contributed by atoms with Crippen molar-refractivity contribution in [2.45, 2.75) is 4.90 Å². The average molecular weight is 434 g/mol. The van der Waals surface area contributed by atoms with Crippen LogP contribution in [0, 0.1) is 0 Å². The first-order valence-corrected chi connectivity index (χ1v) is 11.2. The van der Waals surface area contributed by atoms with Gasteiger partial charge in [0.1, 0.15) is 5.75 Å². The number of amides is 1. The number of nitrogens with one attached hydrogen (secondary N) is 1. The van der Waals surface area contributed by atoms with Gasteiger partial charge < -0.3 is 9.47 Å². The van der Waals surface area contributed by atoms with E-state index in [4.69, 9.17) is 9.47 Å². The summed E-state index contributed by atoms with van der Waals surface area (Å²) in [5.74, 6) is 0.363. The predicted octanol–water partition coefficient (Wildman–Crippen LogP) is 2.58. The summed E-state index contributed by atoms with van der Waals surface area (Å²) in [7, 11) is -2.00. The lowest BCUT2D eigenvalue weighted by molar-refractivity contribution is 0.0730. The Morgan fingerprint density at radius 3 is 2.59 bits per heavy atom. The fourth-order valence-corrected chi connectivity index (χ4v) is 5.27. The van der Waals surface area contributed by atoms with Gasteiger partial charge in [-0.2, -0.15) is 4.31 Å². The molecule has 3 aromatic rings. The van der Waals surface area contributed by atoms with Crippen molar-refractivity contribution in [3.63, 3.8) is 0 Å². The zero-order chi connectivity index (χ0) is 20.4. The number of aromatic nitrogens is 1. The van der Waals surface area contributed by atoms with Gasteiger partial charge in [-0.05, 0) is 42.5 Å². The molecule has 0 spiro atoms. The Kier molecular flexibility index (Phi) is 5.50. The molecular formula is C19H19N3O5S2. The SMILES string of the molecule is COc1ccc2nc(NC(=O)c3ccc(S(=O)(=O)N4CCOCC4)cc3)sc2c1. The molecule has 152 valence electrons. The molecule has 1 N–H and O–H groups in total. The van der Waals surface area contributed by atoms with Crippen LogP contribution >= 0.6 is 11.3 Å². The fraction of sp³-hybridized carbons (Fsp3) is 0.263. The van der Waals surface area contributed by atoms with E-state index in [2.05, 4.69) is 10.3 Å². The van der Waals surface area contributed by atoms with E-state index in [-0.39, 0.29) is 10.8 Å². The Hall–Kier alpha value is -2.53. The van der Waals surface area contributed by atoms with Crippen LogP contribution in [0.5, 0.6) is 5.75 Å². The highest BCUT2D eigenvalue weighted by atomic mass is 32.2. The van der Waals surface area contributed by atoms with Gasteiger partial charge in [0, 0.05) is 18.7 Å². The molecule has 1 fully saturated rings. The molecule has 0 saturated carbocycles. The highest BCUT2D eigenvalue weighted by Crippen LogP contribution is 2.29. The Labute approximate surface area is 172 Å². The van der Waals surface area contributed by atoms with Gasteiger partial charge in [-0.25, -0.2) is 13.4 Å². The maximum atomic E-state index is 12.7. The number of morpholine rings is 1. The number of rotatable bonds is 5. The Bertz CT molecular complexity index is 1140. The van der Waals surface area contributed by atoms with E-state index >= 15 is 0 Å². The number of hydrogen-bond acceptors (Lipinski definition) is 7. The van der Waals surface area contributed by atoms with Crippen molar-refractivity contribution in [2.24, 2.45) is 0 Å². The first-order valence-electron chi connectivity index (χ1n) is 8.91. The van der Waals surface area contributed by atoms with E-state index in [0.29, 0.717) is 37.0 Å². The van der Waals surface area contributed by atoms with Crippen molar-refractivity contribution in [3.8, 4) is 5.75 Å². The zero-order valence-electron chi connectivity index (χ0n) is 15.6. The number of benzene rings is 2. The summed E-state index contributed by atoms with van der Waals surface area (Å²) in [6.45, 7) is 1.42. The monoisotopic (exact) mass is 433 g/mol. The topological polar surface area (TPSA) is 97.8 Å². The summed E-state index contributed by atoms with van der Waals surface area (Å²) in [6.07, 6.45) is 0. The molecule has 0 bridgehead atoms. The van der Waals surface area contributed by atoms with Gasteiger partial charge in [0.2, 0.25) is 10.0 Å². The van der Waals surface area contributed by atoms with Gasteiger partial charge in [-0.3, -0.25) is 10.1 Å². The van der Waals surface area contributed by atoms with Crippen LogP contribution in [0.4, 0.5) is 5.13 Å². The molecule has 0 unspecified atom stereocenters. The number of hydrogen-bond donors (Lipinski definition) is 1. The maximum absolute atomic E-state index is 12.7. The number of ether oxygens (including phenoxy) is 2. The largest absolute Gasteiger partial charge is 0.497 e. The molecule has 1 amide bonds. The van der Waals surface area contributed by atoms with Crippen LogP contribution in [-0.2, 0) is 14.8 Å². The van der Waals surface area contributed by atoms with E-state index in [1.807, 2.05) is 12.1 Å². The number of sulfonamides is 1. The van der Waals surface area contributed by atoms with Crippen LogP contribution in [-0.4, -0.2) is 57.0 Å². The van der Waals surface area contributed by atoms with E-state index in [1.54, 1.807) is 13.2 Å². The summed E-state index contributed by atoms with van der Waals surface area (Å²) in [5, 5.41) is 3.22. The zero-order valence-corrected chi connectivity index (χ0v) is 17.3. The summed E-state index contributed by atoms with van der Waals surface area (Å²) < 4.78 is 38.0. The Balaban J connectivity index is 1.49. The smallest absolute Gasteiger partial charge is 0.257 e. The van der Waals surface area contributed by atoms with Gasteiger partial charge in [0.05, 0.1) is 35.4 Å². The highest BCUT2D eigenvalue weighted by Gasteiger charge is 2.26.